The van der Waals surface area contributed by atoms with Crippen LogP contribution in [-0.4, -0.2) is 54.9 Å². The number of phenolic OH excluding ortho intramolecular Hbond substituents is 1. The van der Waals surface area contributed by atoms with E-state index in [-0.39, 0.29) is 41.6 Å². The van der Waals surface area contributed by atoms with Crippen molar-refractivity contribution in [2.45, 2.75) is 77.7 Å². The minimum absolute atomic E-state index is 0.0635. The number of aryl methyl sites for hydroxylation is 3. The summed E-state index contributed by atoms with van der Waals surface area (Å²) in [5.41, 5.74) is 1.68. The van der Waals surface area contributed by atoms with E-state index in [1.54, 1.807) is 10.6 Å². The summed E-state index contributed by atoms with van der Waals surface area (Å²) in [5, 5.41) is 14.7. The van der Waals surface area contributed by atoms with Crippen LogP contribution in [0, 0.1) is 25.7 Å². The molecule has 1 saturated carbocycles. The number of hydrogen-bond donors (Lipinski definition) is 1. The van der Waals surface area contributed by atoms with E-state index in [0.29, 0.717) is 30.2 Å². The Morgan fingerprint density at radius 1 is 1.18 bits per heavy atom. The highest BCUT2D eigenvalue weighted by Crippen LogP contribution is 2.45. The molecule has 5 rings (SSSR count). The third-order valence-electron chi connectivity index (χ3n) is 8.19. The van der Waals surface area contributed by atoms with E-state index in [2.05, 4.69) is 15.1 Å². The number of esters is 1. The first-order valence-corrected chi connectivity index (χ1v) is 13.5. The molecule has 2 aromatic heterocycles. The monoisotopic (exact) mass is 534 g/mol. The van der Waals surface area contributed by atoms with Crippen molar-refractivity contribution in [3.63, 3.8) is 0 Å². The van der Waals surface area contributed by atoms with Gasteiger partial charge in [-0.15, -0.1) is 5.10 Å². The highest BCUT2D eigenvalue weighted by Gasteiger charge is 2.51. The Morgan fingerprint density at radius 2 is 1.92 bits per heavy atom. The number of methoxy groups -OCH3 is 1. The van der Waals surface area contributed by atoms with Crippen LogP contribution in [0.5, 0.6) is 11.5 Å². The number of cyclic esters (lactones) is 1. The molecule has 2 aliphatic rings. The Bertz CT molecular complexity index is 1440. The summed E-state index contributed by atoms with van der Waals surface area (Å²) >= 11 is 0. The average Bonchev–Trinajstić information content (AvgIpc) is 3.56. The molecule has 10 nitrogen and oxygen atoms in total. The van der Waals surface area contributed by atoms with Crippen molar-refractivity contribution in [1.29, 1.82) is 0 Å². The first kappa shape index (κ1) is 26.8. The summed E-state index contributed by atoms with van der Waals surface area (Å²) in [6.07, 6.45) is 4.83. The summed E-state index contributed by atoms with van der Waals surface area (Å²) < 4.78 is 13.3. The molecule has 1 N–H and O–H groups in total. The number of ketones is 2. The molecule has 1 aliphatic heterocycles. The lowest BCUT2D eigenvalue weighted by Gasteiger charge is -2.43. The third-order valence-corrected chi connectivity index (χ3v) is 8.19. The summed E-state index contributed by atoms with van der Waals surface area (Å²) in [7, 11) is 1.50. The van der Waals surface area contributed by atoms with Gasteiger partial charge in [0.15, 0.2) is 17.4 Å². The summed E-state index contributed by atoms with van der Waals surface area (Å²) in [6.45, 7) is 5.17. The standard InChI is InChI=1S/C29H34N4O6/c1-16-11-17(2)33-28(30-16)31-26(32-33)13-22-24(36)15-29(39-27(22)37,20-7-5-6-8-20)10-9-19-12-21(18(3)34)23(35)14-25(19)38-4/h11-12,14,20,22,35H,5-10,13,15H2,1-4H3. The second-order valence-corrected chi connectivity index (χ2v) is 10.9. The van der Waals surface area contributed by atoms with Crippen molar-refractivity contribution in [2.24, 2.45) is 11.8 Å². The van der Waals surface area contributed by atoms with Gasteiger partial charge in [-0.2, -0.15) is 4.98 Å². The number of fused-ring (bicyclic) bond motifs is 1. The highest BCUT2D eigenvalue weighted by molar-refractivity contribution is 6.02. The lowest BCUT2D eigenvalue weighted by atomic mass is 9.73. The molecular formula is C29H34N4O6. The van der Waals surface area contributed by atoms with Gasteiger partial charge < -0.3 is 14.6 Å². The first-order chi connectivity index (χ1) is 18.6. The van der Waals surface area contributed by atoms with Crippen LogP contribution >= 0.6 is 0 Å². The molecule has 2 unspecified atom stereocenters. The second-order valence-electron chi connectivity index (χ2n) is 10.9. The van der Waals surface area contributed by atoms with Crippen molar-refractivity contribution in [3.05, 3.63) is 46.5 Å². The summed E-state index contributed by atoms with van der Waals surface area (Å²) in [5.74, 6) is -0.738. The molecule has 2 fully saturated rings. The molecule has 3 aromatic rings. The Labute approximate surface area is 226 Å². The maximum Gasteiger partial charge on any atom is 0.317 e. The lowest BCUT2D eigenvalue weighted by molar-refractivity contribution is -0.185. The minimum atomic E-state index is -0.967. The van der Waals surface area contributed by atoms with Crippen LogP contribution in [0.2, 0.25) is 0 Å². The number of hydrogen-bond acceptors (Lipinski definition) is 9. The number of ether oxygens (including phenoxy) is 2. The van der Waals surface area contributed by atoms with Gasteiger partial charge >= 0.3 is 5.97 Å². The van der Waals surface area contributed by atoms with Crippen molar-refractivity contribution in [2.75, 3.05) is 7.11 Å². The summed E-state index contributed by atoms with van der Waals surface area (Å²) in [4.78, 5) is 47.9. The Balaban J connectivity index is 1.39. The fraction of sp³-hybridized carbons (Fsp3) is 0.517. The highest BCUT2D eigenvalue weighted by atomic mass is 16.6. The lowest BCUT2D eigenvalue weighted by Crippen LogP contribution is -2.52. The van der Waals surface area contributed by atoms with Crippen LogP contribution < -0.4 is 4.74 Å². The molecule has 1 aliphatic carbocycles. The molecule has 10 heteroatoms. The number of carbonyl (C=O) groups is 3. The number of aromatic hydroxyl groups is 1. The molecule has 0 amide bonds. The van der Waals surface area contributed by atoms with Gasteiger partial charge in [-0.25, -0.2) is 9.50 Å². The third kappa shape index (κ3) is 5.12. The van der Waals surface area contributed by atoms with E-state index in [0.717, 1.165) is 42.6 Å². The Hall–Kier alpha value is -3.82. The molecular weight excluding hydrogens is 500 g/mol. The smallest absolute Gasteiger partial charge is 0.317 e. The zero-order valence-corrected chi connectivity index (χ0v) is 22.8. The molecule has 0 radical (unpaired) electrons. The number of carbonyl (C=O) groups excluding carboxylic acids is 3. The zero-order chi connectivity index (χ0) is 27.9. The predicted molar refractivity (Wildman–Crippen MR) is 141 cm³/mol. The number of rotatable bonds is 8. The largest absolute Gasteiger partial charge is 0.507 e. The van der Waals surface area contributed by atoms with Crippen LogP contribution in [0.1, 0.15) is 78.6 Å². The van der Waals surface area contributed by atoms with E-state index in [4.69, 9.17) is 9.47 Å². The van der Waals surface area contributed by atoms with E-state index < -0.39 is 17.5 Å². The molecule has 1 saturated heterocycles. The number of nitrogens with zero attached hydrogens (tertiary/aromatic N) is 4. The average molecular weight is 535 g/mol. The fourth-order valence-electron chi connectivity index (χ4n) is 6.18. The number of Topliss-reactive ketones (excluding diaryl/α,β-unsaturated/α-hetero) is 2. The van der Waals surface area contributed by atoms with Gasteiger partial charge in [-0.05, 0) is 70.1 Å². The molecule has 39 heavy (non-hydrogen) atoms. The van der Waals surface area contributed by atoms with Gasteiger partial charge in [0.05, 0.1) is 12.7 Å². The maximum absolute atomic E-state index is 13.6. The molecule has 1 aromatic carbocycles. The number of benzene rings is 1. The predicted octanol–water partition coefficient (Wildman–Crippen LogP) is 3.89. The molecule has 206 valence electrons. The van der Waals surface area contributed by atoms with Crippen LogP contribution in [0.15, 0.2) is 18.2 Å². The second kappa shape index (κ2) is 10.4. The Morgan fingerprint density at radius 3 is 2.59 bits per heavy atom. The molecule has 0 bridgehead atoms. The van der Waals surface area contributed by atoms with E-state index in [1.165, 1.54) is 20.1 Å². The van der Waals surface area contributed by atoms with Gasteiger partial charge in [-0.3, -0.25) is 14.4 Å². The SMILES string of the molecule is COc1cc(O)c(C(C)=O)cc1CCC1(C2CCCC2)CC(=O)C(Cc2nc3nc(C)cc(C)n3n2)C(=O)O1. The normalized spacial score (nSPS) is 21.9. The van der Waals surface area contributed by atoms with Crippen LogP contribution in [0.3, 0.4) is 0 Å². The van der Waals surface area contributed by atoms with E-state index >= 15 is 0 Å². The van der Waals surface area contributed by atoms with Crippen molar-refractivity contribution < 1.29 is 29.0 Å². The number of phenols is 1. The van der Waals surface area contributed by atoms with Crippen LogP contribution in [0.4, 0.5) is 0 Å². The zero-order valence-electron chi connectivity index (χ0n) is 22.8. The van der Waals surface area contributed by atoms with E-state index in [9.17, 15) is 19.5 Å². The van der Waals surface area contributed by atoms with Crippen LogP contribution in [-0.2, 0) is 27.2 Å². The molecule has 2 atom stereocenters. The summed E-state index contributed by atoms with van der Waals surface area (Å²) in [6, 6.07) is 4.95. The van der Waals surface area contributed by atoms with Crippen molar-refractivity contribution in [1.82, 2.24) is 19.6 Å². The molecule has 3 heterocycles. The fourth-order valence-corrected chi connectivity index (χ4v) is 6.18. The number of aromatic nitrogens is 4. The van der Waals surface area contributed by atoms with Gasteiger partial charge in [-0.1, -0.05) is 12.8 Å². The van der Waals surface area contributed by atoms with Crippen molar-refractivity contribution in [3.8, 4) is 11.5 Å². The first-order valence-electron chi connectivity index (χ1n) is 13.5. The van der Waals surface area contributed by atoms with Gasteiger partial charge in [0.2, 0.25) is 0 Å². The van der Waals surface area contributed by atoms with Gasteiger partial charge in [0, 0.05) is 30.3 Å². The molecule has 0 spiro atoms. The van der Waals surface area contributed by atoms with Gasteiger partial charge in [0.1, 0.15) is 23.0 Å². The van der Waals surface area contributed by atoms with E-state index in [1.807, 2.05) is 19.9 Å². The maximum atomic E-state index is 13.6. The topological polar surface area (TPSA) is 133 Å². The van der Waals surface area contributed by atoms with Crippen LogP contribution in [0.25, 0.3) is 5.78 Å². The van der Waals surface area contributed by atoms with Crippen molar-refractivity contribution >= 4 is 23.3 Å². The van der Waals surface area contributed by atoms with Gasteiger partial charge in [0.25, 0.3) is 5.78 Å². The minimum Gasteiger partial charge on any atom is -0.507 e. The Kier molecular flexibility index (Phi) is 7.13. The quantitative estimate of drug-likeness (QED) is 0.259.